The lowest BCUT2D eigenvalue weighted by Gasteiger charge is -2.56. The fourth-order valence-corrected chi connectivity index (χ4v) is 6.83. The lowest BCUT2D eigenvalue weighted by Crippen LogP contribution is -2.52. The van der Waals surface area contributed by atoms with Crippen molar-refractivity contribution in [1.82, 2.24) is 15.0 Å². The Morgan fingerprint density at radius 2 is 1.92 bits per heavy atom. The lowest BCUT2D eigenvalue weighted by atomic mass is 9.53. The highest BCUT2D eigenvalue weighted by molar-refractivity contribution is 7.10. The number of hydrogen-bond donors (Lipinski definition) is 1. The maximum absolute atomic E-state index is 6.56. The molecule has 0 spiro atoms. The topological polar surface area (TPSA) is 56.7 Å². The van der Waals surface area contributed by atoms with Gasteiger partial charge in [-0.3, -0.25) is 0 Å². The van der Waals surface area contributed by atoms with E-state index in [4.69, 9.17) is 5.73 Å². The number of aromatic nitrogens is 3. The molecule has 5 heteroatoms. The molecule has 0 saturated heterocycles. The molecule has 4 aliphatic carbocycles. The predicted molar refractivity (Wildman–Crippen MR) is 95.7 cm³/mol. The smallest absolute Gasteiger partial charge is 0.0849 e. The first-order chi connectivity index (χ1) is 11.5. The Balaban J connectivity index is 1.40. The molecule has 128 valence electrons. The fraction of sp³-hybridized carbons (Fsp3) is 0.684. The van der Waals surface area contributed by atoms with Crippen LogP contribution in [0.2, 0.25) is 0 Å². The van der Waals surface area contributed by atoms with Crippen LogP contribution in [0.1, 0.15) is 56.0 Å². The minimum Gasteiger partial charge on any atom is -0.321 e. The first-order valence-corrected chi connectivity index (χ1v) is 10.1. The van der Waals surface area contributed by atoms with Crippen LogP contribution < -0.4 is 5.73 Å². The fourth-order valence-electron chi connectivity index (χ4n) is 6.02. The van der Waals surface area contributed by atoms with Gasteiger partial charge < -0.3 is 5.73 Å². The summed E-state index contributed by atoms with van der Waals surface area (Å²) in [6.07, 6.45) is 11.3. The summed E-state index contributed by atoms with van der Waals surface area (Å²) >= 11 is 1.72. The Morgan fingerprint density at radius 3 is 2.50 bits per heavy atom. The summed E-state index contributed by atoms with van der Waals surface area (Å²) in [5.41, 5.74) is 7.49. The average Bonchev–Trinajstić information content (AvgIpc) is 3.16. The van der Waals surface area contributed by atoms with Crippen LogP contribution in [0.4, 0.5) is 0 Å². The Hall–Kier alpha value is -1.20. The second-order valence-corrected chi connectivity index (χ2v) is 9.82. The molecule has 4 nitrogen and oxygen atoms in total. The Kier molecular flexibility index (Phi) is 3.24. The highest BCUT2D eigenvalue weighted by Gasteiger charge is 2.52. The molecule has 0 radical (unpaired) electrons. The van der Waals surface area contributed by atoms with Crippen LogP contribution in [0.3, 0.4) is 0 Å². The lowest BCUT2D eigenvalue weighted by molar-refractivity contribution is -0.0502. The second-order valence-electron chi connectivity index (χ2n) is 8.87. The van der Waals surface area contributed by atoms with Crippen molar-refractivity contribution in [3.8, 4) is 0 Å². The van der Waals surface area contributed by atoms with E-state index in [-0.39, 0.29) is 11.1 Å². The zero-order chi connectivity index (χ0) is 16.4. The molecule has 24 heavy (non-hydrogen) atoms. The molecule has 1 unspecified atom stereocenters. The van der Waals surface area contributed by atoms with Crippen LogP contribution in [0.25, 0.3) is 0 Å². The van der Waals surface area contributed by atoms with Gasteiger partial charge in [0.25, 0.3) is 0 Å². The number of hydrogen-bond acceptors (Lipinski definition) is 4. The third-order valence-corrected chi connectivity index (χ3v) is 7.81. The summed E-state index contributed by atoms with van der Waals surface area (Å²) < 4.78 is 2.23. The van der Waals surface area contributed by atoms with Crippen LogP contribution >= 0.6 is 11.3 Å². The average molecular weight is 343 g/mol. The standard InChI is InChI=1S/C19H26N4S/c1-18(20,17-3-2-4-24-17)11-16-12-23(22-21-16)19-8-13-5-14(9-19)7-15(6-13)10-19/h2-4,12-15H,5-11,20H2,1H3. The Bertz CT molecular complexity index is 695. The van der Waals surface area contributed by atoms with E-state index in [2.05, 4.69) is 45.6 Å². The normalized spacial score (nSPS) is 36.8. The SMILES string of the molecule is CC(N)(Cc1cn(C23CC4CC(CC(C4)C2)C3)nn1)c1cccs1. The van der Waals surface area contributed by atoms with Crippen LogP contribution in [-0.2, 0) is 17.5 Å². The number of nitrogens with two attached hydrogens (primary N) is 1. The highest BCUT2D eigenvalue weighted by Crippen LogP contribution is 2.58. The van der Waals surface area contributed by atoms with Crippen molar-refractivity contribution in [2.45, 2.75) is 62.9 Å². The van der Waals surface area contributed by atoms with Crippen molar-refractivity contribution in [3.05, 3.63) is 34.3 Å². The number of nitrogens with zero attached hydrogens (tertiary/aromatic N) is 3. The van der Waals surface area contributed by atoms with E-state index in [1.807, 2.05) is 0 Å². The third kappa shape index (κ3) is 2.36. The molecule has 4 fully saturated rings. The number of thiophene rings is 1. The molecule has 0 aliphatic heterocycles. The van der Waals surface area contributed by atoms with E-state index in [0.29, 0.717) is 0 Å². The molecule has 4 aliphatic rings. The van der Waals surface area contributed by atoms with Crippen molar-refractivity contribution in [3.63, 3.8) is 0 Å². The van der Waals surface area contributed by atoms with Gasteiger partial charge in [-0.25, -0.2) is 4.68 Å². The molecule has 4 saturated carbocycles. The van der Waals surface area contributed by atoms with Crippen LogP contribution in [0, 0.1) is 17.8 Å². The molecule has 2 heterocycles. The first kappa shape index (κ1) is 15.1. The van der Waals surface area contributed by atoms with E-state index in [1.54, 1.807) is 11.3 Å². The van der Waals surface area contributed by atoms with Crippen LogP contribution in [0.15, 0.2) is 23.7 Å². The summed E-state index contributed by atoms with van der Waals surface area (Å²) in [6.45, 7) is 2.10. The molecule has 2 aromatic rings. The van der Waals surface area contributed by atoms with E-state index in [9.17, 15) is 0 Å². The minimum atomic E-state index is -0.365. The molecule has 6 rings (SSSR count). The van der Waals surface area contributed by atoms with Crippen LogP contribution in [-0.4, -0.2) is 15.0 Å². The van der Waals surface area contributed by atoms with Gasteiger partial charge in [-0.1, -0.05) is 11.3 Å². The largest absolute Gasteiger partial charge is 0.321 e. The molecule has 2 N–H and O–H groups in total. The molecule has 0 amide bonds. The molecule has 2 aromatic heterocycles. The van der Waals surface area contributed by atoms with Gasteiger partial charge in [-0.2, -0.15) is 0 Å². The summed E-state index contributed by atoms with van der Waals surface area (Å²) in [7, 11) is 0. The van der Waals surface area contributed by atoms with Gasteiger partial charge in [-0.15, -0.1) is 16.4 Å². The molecule has 4 bridgehead atoms. The van der Waals surface area contributed by atoms with E-state index in [1.165, 1.54) is 43.4 Å². The zero-order valence-corrected chi connectivity index (χ0v) is 15.1. The van der Waals surface area contributed by atoms with Gasteiger partial charge in [0.2, 0.25) is 0 Å². The van der Waals surface area contributed by atoms with Crippen molar-refractivity contribution in [1.29, 1.82) is 0 Å². The summed E-state index contributed by atoms with van der Waals surface area (Å²) in [5.74, 6) is 2.78. The zero-order valence-electron chi connectivity index (χ0n) is 14.3. The highest BCUT2D eigenvalue weighted by atomic mass is 32.1. The monoisotopic (exact) mass is 342 g/mol. The van der Waals surface area contributed by atoms with Gasteiger partial charge in [-0.05, 0) is 74.6 Å². The van der Waals surface area contributed by atoms with Gasteiger partial charge in [0.1, 0.15) is 0 Å². The number of rotatable bonds is 4. The van der Waals surface area contributed by atoms with E-state index < -0.39 is 0 Å². The van der Waals surface area contributed by atoms with E-state index >= 15 is 0 Å². The molecular formula is C19H26N4S. The maximum Gasteiger partial charge on any atom is 0.0849 e. The van der Waals surface area contributed by atoms with Gasteiger partial charge in [0.15, 0.2) is 0 Å². The van der Waals surface area contributed by atoms with Crippen molar-refractivity contribution < 1.29 is 0 Å². The minimum absolute atomic E-state index is 0.258. The quantitative estimate of drug-likeness (QED) is 0.922. The van der Waals surface area contributed by atoms with Crippen molar-refractivity contribution in [2.24, 2.45) is 23.5 Å². The van der Waals surface area contributed by atoms with Crippen molar-refractivity contribution >= 4 is 11.3 Å². The van der Waals surface area contributed by atoms with Crippen LogP contribution in [0.5, 0.6) is 0 Å². The first-order valence-electron chi connectivity index (χ1n) is 9.27. The third-order valence-electron chi connectivity index (χ3n) is 6.67. The molecule has 0 aromatic carbocycles. The summed E-state index contributed by atoms with van der Waals surface area (Å²) in [6, 6.07) is 4.19. The second kappa shape index (κ2) is 5.15. The summed E-state index contributed by atoms with van der Waals surface area (Å²) in [5, 5.41) is 11.2. The van der Waals surface area contributed by atoms with E-state index in [0.717, 1.165) is 29.9 Å². The van der Waals surface area contributed by atoms with Gasteiger partial charge in [0, 0.05) is 17.5 Å². The summed E-state index contributed by atoms with van der Waals surface area (Å²) in [4.78, 5) is 1.21. The Labute approximate surface area is 147 Å². The molecule has 1 atom stereocenters. The van der Waals surface area contributed by atoms with Gasteiger partial charge >= 0.3 is 0 Å². The molecular weight excluding hydrogens is 316 g/mol. The van der Waals surface area contributed by atoms with Gasteiger partial charge in [0.05, 0.1) is 16.8 Å². The predicted octanol–water partition coefficient (Wildman–Crippen LogP) is 3.68. The maximum atomic E-state index is 6.56. The Morgan fingerprint density at radius 1 is 1.25 bits per heavy atom. The van der Waals surface area contributed by atoms with Crippen molar-refractivity contribution in [2.75, 3.05) is 0 Å².